The Balaban J connectivity index is 2.20. The van der Waals surface area contributed by atoms with Crippen molar-refractivity contribution in [1.82, 2.24) is 9.78 Å². The molecular weight excluding hydrogens is 313 g/mol. The van der Waals surface area contributed by atoms with E-state index in [1.807, 2.05) is 0 Å². The van der Waals surface area contributed by atoms with Gasteiger partial charge in [0.05, 0.1) is 12.0 Å². The molecule has 0 saturated carbocycles. The molecule has 1 aromatic heterocycles. The maximum atomic E-state index is 13.0. The lowest BCUT2D eigenvalue weighted by Gasteiger charge is -2.08. The van der Waals surface area contributed by atoms with Gasteiger partial charge < -0.3 is 4.74 Å². The van der Waals surface area contributed by atoms with Gasteiger partial charge >= 0.3 is 5.97 Å². The zero-order chi connectivity index (χ0) is 16.3. The van der Waals surface area contributed by atoms with Crippen LogP contribution >= 0.6 is 0 Å². The van der Waals surface area contributed by atoms with Crippen molar-refractivity contribution in [2.75, 3.05) is 11.8 Å². The van der Waals surface area contributed by atoms with Crippen LogP contribution in [0.4, 0.5) is 10.2 Å². The number of nitrogens with one attached hydrogen (secondary N) is 1. The molecule has 0 aliphatic heterocycles. The number of esters is 1. The molecule has 0 spiro atoms. The highest BCUT2D eigenvalue weighted by atomic mass is 32.2. The molecule has 0 amide bonds. The molecule has 0 bridgehead atoms. The van der Waals surface area contributed by atoms with E-state index in [1.54, 1.807) is 0 Å². The van der Waals surface area contributed by atoms with Gasteiger partial charge in [0.2, 0.25) is 0 Å². The molecule has 2 aromatic rings. The largest absolute Gasteiger partial charge is 0.468 e. The fourth-order valence-corrected chi connectivity index (χ4v) is 3.03. The fourth-order valence-electron chi connectivity index (χ4n) is 1.81. The SMILES string of the molecule is COC(=O)Cn1ccc(NS(=O)(=O)c2ccc(F)cc2C)n1. The van der Waals surface area contributed by atoms with E-state index < -0.39 is 21.8 Å². The maximum absolute atomic E-state index is 13.0. The first kappa shape index (κ1) is 16.0. The molecule has 2 rings (SSSR count). The number of sulfonamides is 1. The van der Waals surface area contributed by atoms with E-state index in [1.165, 1.54) is 37.0 Å². The molecule has 0 unspecified atom stereocenters. The third-order valence-corrected chi connectivity index (χ3v) is 4.34. The second-order valence-corrected chi connectivity index (χ2v) is 6.14. The number of nitrogens with zero attached hydrogens (tertiary/aromatic N) is 2. The van der Waals surface area contributed by atoms with Crippen LogP contribution in [-0.4, -0.2) is 31.3 Å². The van der Waals surface area contributed by atoms with E-state index in [9.17, 15) is 17.6 Å². The summed E-state index contributed by atoms with van der Waals surface area (Å²) in [4.78, 5) is 11.1. The first-order valence-corrected chi connectivity index (χ1v) is 7.69. The highest BCUT2D eigenvalue weighted by Gasteiger charge is 2.18. The summed E-state index contributed by atoms with van der Waals surface area (Å²) in [6, 6.07) is 4.78. The Morgan fingerprint density at radius 2 is 2.14 bits per heavy atom. The van der Waals surface area contributed by atoms with E-state index in [4.69, 9.17) is 0 Å². The maximum Gasteiger partial charge on any atom is 0.327 e. The van der Waals surface area contributed by atoms with Crippen molar-refractivity contribution in [3.05, 3.63) is 41.8 Å². The predicted octanol–water partition coefficient (Wildman–Crippen LogP) is 1.30. The van der Waals surface area contributed by atoms with Crippen LogP contribution in [0.15, 0.2) is 35.4 Å². The molecule has 1 aromatic carbocycles. The number of aromatic nitrogens is 2. The minimum absolute atomic E-state index is 0.0450. The summed E-state index contributed by atoms with van der Waals surface area (Å²) in [7, 11) is -2.65. The molecule has 0 aliphatic rings. The molecule has 118 valence electrons. The minimum atomic E-state index is -3.89. The highest BCUT2D eigenvalue weighted by Crippen LogP contribution is 2.19. The number of hydrogen-bond donors (Lipinski definition) is 1. The van der Waals surface area contributed by atoms with Gasteiger partial charge in [-0.2, -0.15) is 5.10 Å². The van der Waals surface area contributed by atoms with Crippen molar-refractivity contribution >= 4 is 21.8 Å². The number of carbonyl (C=O) groups is 1. The van der Waals surface area contributed by atoms with Crippen molar-refractivity contribution in [2.45, 2.75) is 18.4 Å². The molecule has 0 radical (unpaired) electrons. The van der Waals surface area contributed by atoms with Crippen molar-refractivity contribution in [2.24, 2.45) is 0 Å². The Bertz CT molecular complexity index is 801. The summed E-state index contributed by atoms with van der Waals surface area (Å²) in [5.74, 6) is -0.974. The van der Waals surface area contributed by atoms with Gasteiger partial charge in [0.25, 0.3) is 10.0 Å². The summed E-state index contributed by atoms with van der Waals surface area (Å²) in [5, 5.41) is 3.91. The van der Waals surface area contributed by atoms with Crippen molar-refractivity contribution < 1.29 is 22.3 Å². The van der Waals surface area contributed by atoms with Gasteiger partial charge in [0.1, 0.15) is 12.4 Å². The summed E-state index contributed by atoms with van der Waals surface area (Å²) in [6.45, 7) is 1.36. The van der Waals surface area contributed by atoms with Crippen LogP contribution in [0.1, 0.15) is 5.56 Å². The average molecular weight is 327 g/mol. The lowest BCUT2D eigenvalue weighted by molar-refractivity contribution is -0.141. The summed E-state index contributed by atoms with van der Waals surface area (Å²) < 4.78 is 45.5. The Hall–Kier alpha value is -2.42. The van der Waals surface area contributed by atoms with E-state index >= 15 is 0 Å². The van der Waals surface area contributed by atoms with Crippen molar-refractivity contribution in [3.63, 3.8) is 0 Å². The highest BCUT2D eigenvalue weighted by molar-refractivity contribution is 7.92. The number of carbonyl (C=O) groups excluding carboxylic acids is 1. The summed E-state index contributed by atoms with van der Waals surface area (Å²) in [5.41, 5.74) is 0.279. The first-order valence-electron chi connectivity index (χ1n) is 6.21. The quantitative estimate of drug-likeness (QED) is 0.836. The van der Waals surface area contributed by atoms with Gasteiger partial charge in [-0.25, -0.2) is 12.8 Å². The molecule has 1 heterocycles. The molecule has 0 atom stereocenters. The van der Waals surface area contributed by atoms with Crippen LogP contribution in [0.25, 0.3) is 0 Å². The zero-order valence-electron chi connectivity index (χ0n) is 11.9. The van der Waals surface area contributed by atoms with Gasteiger partial charge in [0.15, 0.2) is 5.82 Å². The predicted molar refractivity (Wildman–Crippen MR) is 76.2 cm³/mol. The molecule has 9 heteroatoms. The van der Waals surface area contributed by atoms with Gasteiger partial charge in [-0.3, -0.25) is 14.2 Å². The Kier molecular flexibility index (Phi) is 4.45. The third-order valence-electron chi connectivity index (χ3n) is 2.82. The fraction of sp³-hybridized carbons (Fsp3) is 0.231. The van der Waals surface area contributed by atoms with Crippen LogP contribution in [0.2, 0.25) is 0 Å². The van der Waals surface area contributed by atoms with Crippen molar-refractivity contribution in [3.8, 4) is 0 Å². The molecule has 0 aliphatic carbocycles. The Morgan fingerprint density at radius 3 is 2.77 bits per heavy atom. The lowest BCUT2D eigenvalue weighted by Crippen LogP contribution is -2.16. The van der Waals surface area contributed by atoms with E-state index in [0.717, 1.165) is 12.1 Å². The summed E-state index contributed by atoms with van der Waals surface area (Å²) in [6.07, 6.45) is 1.44. The normalized spacial score (nSPS) is 11.2. The first-order chi connectivity index (χ1) is 10.3. The number of hydrogen-bond acceptors (Lipinski definition) is 5. The van der Waals surface area contributed by atoms with Crippen LogP contribution < -0.4 is 4.72 Å². The number of aryl methyl sites for hydroxylation is 1. The Morgan fingerprint density at radius 1 is 1.41 bits per heavy atom. The molecule has 1 N–H and O–H groups in total. The minimum Gasteiger partial charge on any atom is -0.468 e. The monoisotopic (exact) mass is 327 g/mol. The number of ether oxygens (including phenoxy) is 1. The molecule has 0 fully saturated rings. The van der Waals surface area contributed by atoms with Gasteiger partial charge in [-0.15, -0.1) is 0 Å². The van der Waals surface area contributed by atoms with Crippen LogP contribution in [0.3, 0.4) is 0 Å². The smallest absolute Gasteiger partial charge is 0.327 e. The van der Waals surface area contributed by atoms with Crippen LogP contribution in [0, 0.1) is 12.7 Å². The zero-order valence-corrected chi connectivity index (χ0v) is 12.7. The second-order valence-electron chi connectivity index (χ2n) is 4.49. The Labute approximate surface area is 126 Å². The van der Waals surface area contributed by atoms with Gasteiger partial charge in [0, 0.05) is 12.3 Å². The lowest BCUT2D eigenvalue weighted by atomic mass is 10.2. The topological polar surface area (TPSA) is 90.3 Å². The number of rotatable bonds is 5. The number of halogens is 1. The van der Waals surface area contributed by atoms with Crippen LogP contribution in [-0.2, 0) is 26.1 Å². The third kappa shape index (κ3) is 3.61. The summed E-state index contributed by atoms with van der Waals surface area (Å²) >= 11 is 0. The standard InChI is InChI=1S/C13H14FN3O4S/c1-9-7-10(14)3-4-11(9)22(19,20)16-12-5-6-17(15-12)8-13(18)21-2/h3-7H,8H2,1-2H3,(H,15,16). The van der Waals surface area contributed by atoms with E-state index in [0.29, 0.717) is 0 Å². The molecule has 7 nitrogen and oxygen atoms in total. The number of anilines is 1. The number of methoxy groups -OCH3 is 1. The van der Waals surface area contributed by atoms with E-state index in [2.05, 4.69) is 14.6 Å². The molecule has 22 heavy (non-hydrogen) atoms. The van der Waals surface area contributed by atoms with Crippen LogP contribution in [0.5, 0.6) is 0 Å². The second kappa shape index (κ2) is 6.14. The van der Waals surface area contributed by atoms with E-state index in [-0.39, 0.29) is 22.8 Å². The average Bonchev–Trinajstić information content (AvgIpc) is 2.84. The van der Waals surface area contributed by atoms with Crippen molar-refractivity contribution in [1.29, 1.82) is 0 Å². The van der Waals surface area contributed by atoms with Gasteiger partial charge in [-0.1, -0.05) is 0 Å². The van der Waals surface area contributed by atoms with Gasteiger partial charge in [-0.05, 0) is 30.7 Å². The molecule has 0 saturated heterocycles. The number of benzene rings is 1. The molecular formula is C13H14FN3O4S.